The molecule has 0 saturated heterocycles. The summed E-state index contributed by atoms with van der Waals surface area (Å²) in [5.74, 6) is 0. The third-order valence-corrected chi connectivity index (χ3v) is 3.16. The molecule has 0 saturated carbocycles. The van der Waals surface area contributed by atoms with Crippen molar-refractivity contribution in [3.8, 4) is 0 Å². The van der Waals surface area contributed by atoms with Crippen molar-refractivity contribution in [2.45, 2.75) is 26.8 Å². The first kappa shape index (κ1) is 11.9. The van der Waals surface area contributed by atoms with Crippen molar-refractivity contribution in [1.29, 1.82) is 0 Å². The smallest absolute Gasteiger partial charge is 0.0644 e. The summed E-state index contributed by atoms with van der Waals surface area (Å²) in [7, 11) is 1.92. The van der Waals surface area contributed by atoms with Gasteiger partial charge in [0.15, 0.2) is 0 Å². The van der Waals surface area contributed by atoms with E-state index >= 15 is 0 Å². The molecule has 0 amide bonds. The highest BCUT2D eigenvalue weighted by Crippen LogP contribution is 2.25. The Labute approximate surface area is 102 Å². The second-order valence-corrected chi connectivity index (χ2v) is 4.68. The molecule has 3 nitrogen and oxygen atoms in total. The Morgan fingerprint density at radius 1 is 1.18 bits per heavy atom. The van der Waals surface area contributed by atoms with Gasteiger partial charge in [-0.1, -0.05) is 23.8 Å². The van der Waals surface area contributed by atoms with Crippen LogP contribution in [-0.2, 0) is 7.05 Å². The quantitative estimate of drug-likeness (QED) is 0.859. The summed E-state index contributed by atoms with van der Waals surface area (Å²) >= 11 is 0. The van der Waals surface area contributed by atoms with Crippen molar-refractivity contribution in [3.63, 3.8) is 0 Å². The molecule has 2 aromatic rings. The van der Waals surface area contributed by atoms with Gasteiger partial charge in [0.2, 0.25) is 0 Å². The number of hydrogen-bond acceptors (Lipinski definition) is 2. The van der Waals surface area contributed by atoms with Crippen LogP contribution in [0.25, 0.3) is 0 Å². The second-order valence-electron chi connectivity index (χ2n) is 4.68. The van der Waals surface area contributed by atoms with E-state index in [1.54, 1.807) is 0 Å². The van der Waals surface area contributed by atoms with E-state index in [1.165, 1.54) is 16.7 Å². The van der Waals surface area contributed by atoms with Gasteiger partial charge in [-0.25, -0.2) is 0 Å². The molecule has 1 atom stereocenters. The summed E-state index contributed by atoms with van der Waals surface area (Å²) in [5.41, 5.74) is 12.1. The normalized spacial score (nSPS) is 12.8. The van der Waals surface area contributed by atoms with Crippen molar-refractivity contribution < 1.29 is 0 Å². The molecule has 0 spiro atoms. The lowest BCUT2D eigenvalue weighted by Crippen LogP contribution is -2.14. The highest BCUT2D eigenvalue weighted by molar-refractivity contribution is 5.39. The van der Waals surface area contributed by atoms with Gasteiger partial charge < -0.3 is 5.73 Å². The van der Waals surface area contributed by atoms with E-state index < -0.39 is 0 Å². The fourth-order valence-electron chi connectivity index (χ4n) is 2.19. The Balaban J connectivity index is 2.46. The molecule has 1 unspecified atom stereocenters. The number of nitrogens with two attached hydrogens (primary N) is 1. The Morgan fingerprint density at radius 3 is 2.47 bits per heavy atom. The summed E-state index contributed by atoms with van der Waals surface area (Å²) in [5, 5.41) is 4.35. The van der Waals surface area contributed by atoms with E-state index in [1.807, 2.05) is 24.9 Å². The maximum atomic E-state index is 6.35. The molecule has 0 fully saturated rings. The van der Waals surface area contributed by atoms with Crippen LogP contribution in [0.15, 0.2) is 24.4 Å². The molecular weight excluding hydrogens is 210 g/mol. The maximum Gasteiger partial charge on any atom is 0.0644 e. The Morgan fingerprint density at radius 2 is 1.88 bits per heavy atom. The average Bonchev–Trinajstić information content (AvgIpc) is 2.60. The minimum Gasteiger partial charge on any atom is -0.320 e. The van der Waals surface area contributed by atoms with Crippen LogP contribution in [0.4, 0.5) is 0 Å². The van der Waals surface area contributed by atoms with Crippen LogP contribution in [0.5, 0.6) is 0 Å². The van der Waals surface area contributed by atoms with Crippen LogP contribution >= 0.6 is 0 Å². The first-order valence-electron chi connectivity index (χ1n) is 5.82. The lowest BCUT2D eigenvalue weighted by Gasteiger charge is -2.15. The highest BCUT2D eigenvalue weighted by atomic mass is 15.2. The number of benzene rings is 1. The predicted octanol–water partition coefficient (Wildman–Crippen LogP) is 2.39. The summed E-state index contributed by atoms with van der Waals surface area (Å²) in [6, 6.07) is 6.30. The largest absolute Gasteiger partial charge is 0.320 e. The van der Waals surface area contributed by atoms with Gasteiger partial charge in [0.25, 0.3) is 0 Å². The molecule has 90 valence electrons. The fourth-order valence-corrected chi connectivity index (χ4v) is 2.19. The molecule has 0 aliphatic rings. The molecule has 1 heterocycles. The Bertz CT molecular complexity index is 540. The van der Waals surface area contributed by atoms with E-state index in [-0.39, 0.29) is 6.04 Å². The molecule has 0 aliphatic carbocycles. The molecule has 2 rings (SSSR count). The van der Waals surface area contributed by atoms with Gasteiger partial charge in [0.05, 0.1) is 11.7 Å². The third-order valence-electron chi connectivity index (χ3n) is 3.16. The van der Waals surface area contributed by atoms with E-state index in [0.717, 1.165) is 11.3 Å². The zero-order chi connectivity index (χ0) is 12.6. The lowest BCUT2D eigenvalue weighted by atomic mass is 9.95. The Kier molecular flexibility index (Phi) is 3.03. The molecule has 1 aromatic heterocycles. The molecule has 17 heavy (non-hydrogen) atoms. The molecule has 0 radical (unpaired) electrons. The van der Waals surface area contributed by atoms with Gasteiger partial charge in [0.1, 0.15) is 0 Å². The van der Waals surface area contributed by atoms with Gasteiger partial charge in [-0.3, -0.25) is 4.68 Å². The van der Waals surface area contributed by atoms with Gasteiger partial charge >= 0.3 is 0 Å². The fraction of sp³-hybridized carbons (Fsp3) is 0.357. The minimum absolute atomic E-state index is 0.0939. The summed E-state index contributed by atoms with van der Waals surface area (Å²) in [6.07, 6.45) is 2.00. The van der Waals surface area contributed by atoms with Crippen LogP contribution in [-0.4, -0.2) is 9.78 Å². The molecule has 0 aliphatic heterocycles. The van der Waals surface area contributed by atoms with Gasteiger partial charge in [-0.15, -0.1) is 0 Å². The summed E-state index contributed by atoms with van der Waals surface area (Å²) in [4.78, 5) is 0. The predicted molar refractivity (Wildman–Crippen MR) is 69.9 cm³/mol. The average molecular weight is 229 g/mol. The molecule has 0 bridgehead atoms. The standard InChI is InChI=1S/C14H19N3/c1-9-5-6-10(2)12(7-9)14(15)13-8-17(4)16-11(13)3/h5-8,14H,15H2,1-4H3. The van der Waals surface area contributed by atoms with Crippen molar-refractivity contribution in [2.24, 2.45) is 12.8 Å². The van der Waals surface area contributed by atoms with Gasteiger partial charge in [-0.2, -0.15) is 5.10 Å². The molecular formula is C14H19N3. The van der Waals surface area contributed by atoms with Crippen LogP contribution in [0.3, 0.4) is 0 Å². The zero-order valence-corrected chi connectivity index (χ0v) is 10.9. The zero-order valence-electron chi connectivity index (χ0n) is 10.9. The van der Waals surface area contributed by atoms with Crippen molar-refractivity contribution >= 4 is 0 Å². The van der Waals surface area contributed by atoms with Crippen molar-refractivity contribution in [3.05, 3.63) is 52.3 Å². The van der Waals surface area contributed by atoms with Gasteiger partial charge in [-0.05, 0) is 31.9 Å². The first-order chi connectivity index (χ1) is 7.99. The summed E-state index contributed by atoms with van der Waals surface area (Å²) < 4.78 is 1.82. The second kappa shape index (κ2) is 4.34. The van der Waals surface area contributed by atoms with E-state index in [2.05, 4.69) is 37.1 Å². The Hall–Kier alpha value is -1.61. The SMILES string of the molecule is Cc1ccc(C)c(C(N)c2cn(C)nc2C)c1. The molecule has 3 heteroatoms. The van der Waals surface area contributed by atoms with Crippen molar-refractivity contribution in [2.75, 3.05) is 0 Å². The molecule has 2 N–H and O–H groups in total. The summed E-state index contributed by atoms with van der Waals surface area (Å²) in [6.45, 7) is 6.19. The monoisotopic (exact) mass is 229 g/mol. The number of hydrogen-bond donors (Lipinski definition) is 1. The van der Waals surface area contributed by atoms with E-state index in [0.29, 0.717) is 0 Å². The van der Waals surface area contributed by atoms with Gasteiger partial charge in [0, 0.05) is 18.8 Å². The number of aryl methyl sites for hydroxylation is 4. The third kappa shape index (κ3) is 2.24. The number of rotatable bonds is 2. The first-order valence-corrected chi connectivity index (χ1v) is 5.82. The van der Waals surface area contributed by atoms with Crippen LogP contribution in [0.1, 0.15) is 34.0 Å². The van der Waals surface area contributed by atoms with Crippen LogP contribution < -0.4 is 5.73 Å². The van der Waals surface area contributed by atoms with Crippen molar-refractivity contribution in [1.82, 2.24) is 9.78 Å². The number of aromatic nitrogens is 2. The minimum atomic E-state index is -0.0939. The van der Waals surface area contributed by atoms with E-state index in [4.69, 9.17) is 5.73 Å². The maximum absolute atomic E-state index is 6.35. The topological polar surface area (TPSA) is 43.8 Å². The lowest BCUT2D eigenvalue weighted by molar-refractivity contribution is 0.756. The number of nitrogens with zero attached hydrogens (tertiary/aromatic N) is 2. The van der Waals surface area contributed by atoms with Crippen LogP contribution in [0.2, 0.25) is 0 Å². The van der Waals surface area contributed by atoms with E-state index in [9.17, 15) is 0 Å². The molecule has 1 aromatic carbocycles. The highest BCUT2D eigenvalue weighted by Gasteiger charge is 2.16. The van der Waals surface area contributed by atoms with Crippen LogP contribution in [0, 0.1) is 20.8 Å².